The highest BCUT2D eigenvalue weighted by atomic mass is 35.5. The van der Waals surface area contributed by atoms with Crippen molar-refractivity contribution >= 4 is 35.1 Å². The highest BCUT2D eigenvalue weighted by Gasteiger charge is 2.30. The van der Waals surface area contributed by atoms with Gasteiger partial charge in [0, 0.05) is 16.1 Å². The molecule has 0 bridgehead atoms. The molecule has 2 N–H and O–H groups in total. The first-order chi connectivity index (χ1) is 9.94. The Morgan fingerprint density at radius 1 is 1.24 bits per heavy atom. The Kier molecular flexibility index (Phi) is 5.31. The van der Waals surface area contributed by atoms with Crippen LogP contribution in [0.2, 0.25) is 10.0 Å². The van der Waals surface area contributed by atoms with Gasteiger partial charge in [-0.05, 0) is 37.5 Å². The largest absolute Gasteiger partial charge is 0.484 e. The zero-order chi connectivity index (χ0) is 15.4. The van der Waals surface area contributed by atoms with Crippen LogP contribution in [-0.4, -0.2) is 29.6 Å². The van der Waals surface area contributed by atoms with E-state index in [-0.39, 0.29) is 24.5 Å². The lowest BCUT2D eigenvalue weighted by molar-refractivity contribution is -0.141. The van der Waals surface area contributed by atoms with E-state index >= 15 is 0 Å². The number of ether oxygens (including phenoxy) is 1. The van der Waals surface area contributed by atoms with Gasteiger partial charge >= 0.3 is 5.97 Å². The molecule has 1 saturated carbocycles. The molecule has 1 aromatic carbocycles. The number of hydrogen-bond donors (Lipinski definition) is 2. The van der Waals surface area contributed by atoms with Crippen LogP contribution in [0, 0.1) is 5.92 Å². The first-order valence-electron chi connectivity index (χ1n) is 6.55. The number of amides is 1. The van der Waals surface area contributed by atoms with Gasteiger partial charge in [0.1, 0.15) is 5.75 Å². The standard InChI is InChI=1S/C14H15Cl2NO4/c15-9-4-10(16)6-12(5-9)21-7-13(18)17-11-2-1-8(3-11)14(19)20/h4-6,8,11H,1-3,7H2,(H,17,18)(H,19,20)/t8-,11+/m1/s1. The van der Waals surface area contributed by atoms with Gasteiger partial charge in [-0.25, -0.2) is 0 Å². The number of benzene rings is 1. The molecule has 1 aromatic rings. The number of carbonyl (C=O) groups is 2. The van der Waals surface area contributed by atoms with Crippen molar-refractivity contribution in [1.82, 2.24) is 5.32 Å². The van der Waals surface area contributed by atoms with Crippen LogP contribution < -0.4 is 10.1 Å². The Hall–Kier alpha value is -1.46. The summed E-state index contributed by atoms with van der Waals surface area (Å²) in [5, 5.41) is 12.5. The van der Waals surface area contributed by atoms with Crippen LogP contribution in [0.15, 0.2) is 18.2 Å². The third-order valence-corrected chi connectivity index (χ3v) is 3.79. The molecule has 0 spiro atoms. The van der Waals surface area contributed by atoms with Crippen molar-refractivity contribution in [1.29, 1.82) is 0 Å². The Bertz CT molecular complexity index is 530. The molecule has 114 valence electrons. The van der Waals surface area contributed by atoms with E-state index in [1.165, 1.54) is 0 Å². The van der Waals surface area contributed by atoms with Crippen LogP contribution >= 0.6 is 23.2 Å². The van der Waals surface area contributed by atoms with Gasteiger partial charge in [-0.1, -0.05) is 23.2 Å². The van der Waals surface area contributed by atoms with Crippen molar-refractivity contribution in [3.8, 4) is 5.75 Å². The predicted octanol–water partition coefficient (Wildman–Crippen LogP) is 2.74. The molecule has 7 heteroatoms. The molecule has 21 heavy (non-hydrogen) atoms. The van der Waals surface area contributed by atoms with E-state index in [1.54, 1.807) is 18.2 Å². The molecule has 2 atom stereocenters. The van der Waals surface area contributed by atoms with Gasteiger partial charge in [-0.2, -0.15) is 0 Å². The first kappa shape index (κ1) is 15.9. The number of nitrogens with one attached hydrogen (secondary N) is 1. The molecule has 0 heterocycles. The number of carbonyl (C=O) groups excluding carboxylic acids is 1. The fraction of sp³-hybridized carbons (Fsp3) is 0.429. The smallest absolute Gasteiger partial charge is 0.306 e. The number of carboxylic acid groups (broad SMARTS) is 1. The lowest BCUT2D eigenvalue weighted by atomic mass is 10.1. The van der Waals surface area contributed by atoms with Crippen LogP contribution in [0.4, 0.5) is 0 Å². The van der Waals surface area contributed by atoms with Crippen molar-refractivity contribution in [2.45, 2.75) is 25.3 Å². The van der Waals surface area contributed by atoms with Gasteiger partial charge in [0.15, 0.2) is 6.61 Å². The van der Waals surface area contributed by atoms with Crippen molar-refractivity contribution in [2.75, 3.05) is 6.61 Å². The summed E-state index contributed by atoms with van der Waals surface area (Å²) in [5.41, 5.74) is 0. The molecule has 1 aliphatic rings. The number of halogens is 2. The third-order valence-electron chi connectivity index (χ3n) is 3.35. The normalized spacial score (nSPS) is 21.0. The van der Waals surface area contributed by atoms with E-state index in [9.17, 15) is 9.59 Å². The van der Waals surface area contributed by atoms with Gasteiger partial charge < -0.3 is 15.2 Å². The summed E-state index contributed by atoms with van der Waals surface area (Å²) in [6, 6.07) is 4.60. The topological polar surface area (TPSA) is 75.6 Å². The zero-order valence-electron chi connectivity index (χ0n) is 11.1. The van der Waals surface area contributed by atoms with Gasteiger partial charge in [0.05, 0.1) is 5.92 Å². The molecule has 1 amide bonds. The van der Waals surface area contributed by atoms with E-state index < -0.39 is 5.97 Å². The van der Waals surface area contributed by atoms with Crippen molar-refractivity contribution in [3.05, 3.63) is 28.2 Å². The summed E-state index contributed by atoms with van der Waals surface area (Å²) in [4.78, 5) is 22.6. The molecule has 0 unspecified atom stereocenters. The quantitative estimate of drug-likeness (QED) is 0.869. The second kappa shape index (κ2) is 7.00. The average molecular weight is 332 g/mol. The summed E-state index contributed by atoms with van der Waals surface area (Å²) in [7, 11) is 0. The summed E-state index contributed by atoms with van der Waals surface area (Å²) in [5.74, 6) is -1.06. The SMILES string of the molecule is O=C(COc1cc(Cl)cc(Cl)c1)N[C@H]1CC[C@@H](C(=O)O)C1. The molecule has 5 nitrogen and oxygen atoms in total. The number of rotatable bonds is 5. The second-order valence-corrected chi connectivity index (χ2v) is 5.88. The highest BCUT2D eigenvalue weighted by Crippen LogP contribution is 2.26. The van der Waals surface area contributed by atoms with Gasteiger partial charge in [-0.15, -0.1) is 0 Å². The van der Waals surface area contributed by atoms with Crippen LogP contribution in [0.1, 0.15) is 19.3 Å². The fourth-order valence-electron chi connectivity index (χ4n) is 2.37. The van der Waals surface area contributed by atoms with Crippen LogP contribution in [0.3, 0.4) is 0 Å². The maximum Gasteiger partial charge on any atom is 0.306 e. The molecule has 0 aliphatic heterocycles. The Balaban J connectivity index is 1.79. The van der Waals surface area contributed by atoms with E-state index in [0.717, 1.165) is 0 Å². The molecule has 0 radical (unpaired) electrons. The summed E-state index contributed by atoms with van der Waals surface area (Å²) in [6.45, 7) is -0.162. The van der Waals surface area contributed by atoms with E-state index in [4.69, 9.17) is 33.0 Å². The predicted molar refractivity (Wildman–Crippen MR) is 78.9 cm³/mol. The minimum Gasteiger partial charge on any atom is -0.484 e. The van der Waals surface area contributed by atoms with E-state index in [0.29, 0.717) is 35.1 Å². The average Bonchev–Trinajstić information content (AvgIpc) is 2.84. The van der Waals surface area contributed by atoms with E-state index in [1.807, 2.05) is 0 Å². The lowest BCUT2D eigenvalue weighted by Gasteiger charge is -2.13. The Labute approximate surface area is 132 Å². The molecule has 1 fully saturated rings. The first-order valence-corrected chi connectivity index (χ1v) is 7.30. The number of carboxylic acids is 1. The molecule has 1 aliphatic carbocycles. The minimum atomic E-state index is -0.809. The Morgan fingerprint density at radius 2 is 1.90 bits per heavy atom. The van der Waals surface area contributed by atoms with Crippen LogP contribution in [0.25, 0.3) is 0 Å². The van der Waals surface area contributed by atoms with Gasteiger partial charge in [0.2, 0.25) is 0 Å². The highest BCUT2D eigenvalue weighted by molar-refractivity contribution is 6.34. The van der Waals surface area contributed by atoms with Crippen molar-refractivity contribution in [3.63, 3.8) is 0 Å². The van der Waals surface area contributed by atoms with E-state index in [2.05, 4.69) is 5.32 Å². The zero-order valence-corrected chi connectivity index (χ0v) is 12.7. The molecular weight excluding hydrogens is 317 g/mol. The van der Waals surface area contributed by atoms with Crippen molar-refractivity contribution < 1.29 is 19.4 Å². The Morgan fingerprint density at radius 3 is 2.48 bits per heavy atom. The molecule has 0 aromatic heterocycles. The third kappa shape index (κ3) is 4.79. The monoisotopic (exact) mass is 331 g/mol. The maximum atomic E-state index is 11.8. The minimum absolute atomic E-state index is 0.106. The lowest BCUT2D eigenvalue weighted by Crippen LogP contribution is -2.36. The summed E-state index contributed by atoms with van der Waals surface area (Å²) >= 11 is 11.7. The maximum absolute atomic E-state index is 11.8. The van der Waals surface area contributed by atoms with Gasteiger partial charge in [0.25, 0.3) is 5.91 Å². The van der Waals surface area contributed by atoms with Crippen LogP contribution in [-0.2, 0) is 9.59 Å². The fourth-order valence-corrected chi connectivity index (χ4v) is 2.87. The summed E-state index contributed by atoms with van der Waals surface area (Å²) < 4.78 is 5.32. The molecule has 2 rings (SSSR count). The molecule has 0 saturated heterocycles. The van der Waals surface area contributed by atoms with Crippen molar-refractivity contribution in [2.24, 2.45) is 5.92 Å². The van der Waals surface area contributed by atoms with Crippen LogP contribution in [0.5, 0.6) is 5.75 Å². The summed E-state index contributed by atoms with van der Waals surface area (Å²) in [6.07, 6.45) is 1.72. The molecular formula is C14H15Cl2NO4. The number of aliphatic carboxylic acids is 1. The number of hydrogen-bond acceptors (Lipinski definition) is 3. The second-order valence-electron chi connectivity index (χ2n) is 5.01. The van der Waals surface area contributed by atoms with Gasteiger partial charge in [-0.3, -0.25) is 9.59 Å².